The van der Waals surface area contributed by atoms with E-state index in [0.717, 1.165) is 22.4 Å². The molecule has 7 heteroatoms. The van der Waals surface area contributed by atoms with Crippen LogP contribution in [0.3, 0.4) is 0 Å². The number of amides is 1. The fourth-order valence-corrected chi connectivity index (χ4v) is 2.81. The Balaban J connectivity index is 1.48. The highest BCUT2D eigenvalue weighted by molar-refractivity contribution is 6.04. The number of aryl methyl sites for hydroxylation is 1. The Kier molecular flexibility index (Phi) is 3.45. The lowest BCUT2D eigenvalue weighted by molar-refractivity contribution is 0.0950. The summed E-state index contributed by atoms with van der Waals surface area (Å²) in [7, 11) is 1.83. The van der Waals surface area contributed by atoms with Crippen LogP contribution in [0.15, 0.2) is 48.7 Å². The van der Waals surface area contributed by atoms with Crippen LogP contribution < -0.4 is 5.32 Å². The number of carbonyl (C=O) groups excluding carboxylic acids is 1. The second-order valence-corrected chi connectivity index (χ2v) is 5.54. The number of hydrogen-bond donors (Lipinski definition) is 1. The number of carbonyl (C=O) groups is 1. The van der Waals surface area contributed by atoms with Gasteiger partial charge in [-0.15, -0.1) is 10.2 Å². The summed E-state index contributed by atoms with van der Waals surface area (Å²) in [6.07, 6.45) is 2.51. The SMILES string of the molecule is Cn1nc(C(=O)NCCc2nnc3ccccn23)c2ccccc21. The van der Waals surface area contributed by atoms with E-state index in [-0.39, 0.29) is 5.91 Å². The van der Waals surface area contributed by atoms with E-state index in [1.54, 1.807) is 4.68 Å². The topological polar surface area (TPSA) is 77.1 Å². The number of nitrogens with one attached hydrogen (secondary N) is 1. The highest BCUT2D eigenvalue weighted by Crippen LogP contribution is 2.17. The molecule has 0 aliphatic carbocycles. The molecule has 0 radical (unpaired) electrons. The Morgan fingerprint density at radius 3 is 2.88 bits per heavy atom. The molecule has 0 aliphatic heterocycles. The van der Waals surface area contributed by atoms with Crippen molar-refractivity contribution in [2.24, 2.45) is 7.05 Å². The smallest absolute Gasteiger partial charge is 0.272 e. The van der Waals surface area contributed by atoms with Crippen molar-refractivity contribution in [2.45, 2.75) is 6.42 Å². The average molecular weight is 320 g/mol. The molecule has 1 aromatic carbocycles. The summed E-state index contributed by atoms with van der Waals surface area (Å²) in [6, 6.07) is 13.4. The van der Waals surface area contributed by atoms with Gasteiger partial charge in [-0.1, -0.05) is 24.3 Å². The van der Waals surface area contributed by atoms with E-state index in [1.165, 1.54) is 0 Å². The van der Waals surface area contributed by atoms with Crippen LogP contribution in [0.2, 0.25) is 0 Å². The third kappa shape index (κ3) is 2.40. The minimum atomic E-state index is -0.180. The van der Waals surface area contributed by atoms with E-state index in [9.17, 15) is 4.79 Å². The molecule has 0 spiro atoms. The zero-order valence-electron chi connectivity index (χ0n) is 13.2. The third-order valence-corrected chi connectivity index (χ3v) is 3.99. The molecule has 0 unspecified atom stereocenters. The van der Waals surface area contributed by atoms with Gasteiger partial charge < -0.3 is 5.32 Å². The van der Waals surface area contributed by atoms with Gasteiger partial charge >= 0.3 is 0 Å². The zero-order chi connectivity index (χ0) is 16.5. The van der Waals surface area contributed by atoms with Crippen LogP contribution in [0.25, 0.3) is 16.6 Å². The van der Waals surface area contributed by atoms with E-state index in [1.807, 2.05) is 60.1 Å². The maximum absolute atomic E-state index is 12.4. The van der Waals surface area contributed by atoms with Crippen LogP contribution in [0.4, 0.5) is 0 Å². The maximum atomic E-state index is 12.4. The van der Waals surface area contributed by atoms with E-state index >= 15 is 0 Å². The number of para-hydroxylation sites is 1. The quantitative estimate of drug-likeness (QED) is 0.619. The Bertz CT molecular complexity index is 1030. The predicted molar refractivity (Wildman–Crippen MR) is 89.7 cm³/mol. The summed E-state index contributed by atoms with van der Waals surface area (Å²) in [5, 5.41) is 16.4. The number of fused-ring (bicyclic) bond motifs is 2. The molecule has 3 heterocycles. The molecule has 24 heavy (non-hydrogen) atoms. The van der Waals surface area contributed by atoms with Crippen LogP contribution >= 0.6 is 0 Å². The zero-order valence-corrected chi connectivity index (χ0v) is 13.2. The molecule has 0 atom stereocenters. The lowest BCUT2D eigenvalue weighted by Gasteiger charge is -2.03. The number of pyridine rings is 1. The summed E-state index contributed by atoms with van der Waals surface area (Å²) in [5.74, 6) is 0.636. The molecule has 0 saturated heterocycles. The number of benzene rings is 1. The van der Waals surface area contributed by atoms with Gasteiger partial charge in [-0.05, 0) is 18.2 Å². The molecule has 7 nitrogen and oxygen atoms in total. The van der Waals surface area contributed by atoms with Crippen molar-refractivity contribution in [1.82, 2.24) is 29.7 Å². The maximum Gasteiger partial charge on any atom is 0.272 e. The molecule has 1 N–H and O–H groups in total. The molecular formula is C17H16N6O. The van der Waals surface area contributed by atoms with Gasteiger partial charge in [0.15, 0.2) is 11.3 Å². The first-order chi connectivity index (χ1) is 11.7. The fraction of sp³-hybridized carbons (Fsp3) is 0.176. The van der Waals surface area contributed by atoms with Gasteiger partial charge in [0.1, 0.15) is 5.82 Å². The standard InChI is InChI=1S/C17H16N6O/c1-22-13-7-3-2-6-12(13)16(21-22)17(24)18-10-9-15-20-19-14-8-4-5-11-23(14)15/h2-8,11H,9-10H2,1H3,(H,18,24). The monoisotopic (exact) mass is 320 g/mol. The van der Waals surface area contributed by atoms with Gasteiger partial charge in [0.05, 0.1) is 5.52 Å². The van der Waals surface area contributed by atoms with Crippen molar-refractivity contribution in [2.75, 3.05) is 6.54 Å². The van der Waals surface area contributed by atoms with Gasteiger partial charge in [0, 0.05) is 31.6 Å². The largest absolute Gasteiger partial charge is 0.350 e. The van der Waals surface area contributed by atoms with Crippen molar-refractivity contribution >= 4 is 22.5 Å². The summed E-state index contributed by atoms with van der Waals surface area (Å²) in [4.78, 5) is 12.4. The summed E-state index contributed by atoms with van der Waals surface area (Å²) < 4.78 is 3.64. The summed E-state index contributed by atoms with van der Waals surface area (Å²) >= 11 is 0. The number of hydrogen-bond acceptors (Lipinski definition) is 4. The first kappa shape index (κ1) is 14.4. The van der Waals surface area contributed by atoms with Crippen LogP contribution in [-0.2, 0) is 13.5 Å². The number of nitrogens with zero attached hydrogens (tertiary/aromatic N) is 5. The van der Waals surface area contributed by atoms with Crippen LogP contribution in [-0.4, -0.2) is 36.8 Å². The molecule has 4 rings (SSSR count). The summed E-state index contributed by atoms with van der Waals surface area (Å²) in [5.41, 5.74) is 2.18. The Morgan fingerprint density at radius 2 is 1.96 bits per heavy atom. The lowest BCUT2D eigenvalue weighted by Crippen LogP contribution is -2.26. The fourth-order valence-electron chi connectivity index (χ4n) is 2.81. The molecule has 3 aromatic heterocycles. The Labute approximate surface area is 137 Å². The minimum absolute atomic E-state index is 0.180. The van der Waals surface area contributed by atoms with Crippen molar-refractivity contribution < 1.29 is 4.79 Å². The van der Waals surface area contributed by atoms with Crippen molar-refractivity contribution in [1.29, 1.82) is 0 Å². The Morgan fingerprint density at radius 1 is 1.12 bits per heavy atom. The van der Waals surface area contributed by atoms with E-state index in [4.69, 9.17) is 0 Å². The van der Waals surface area contributed by atoms with Crippen LogP contribution in [0, 0.1) is 0 Å². The van der Waals surface area contributed by atoms with Crippen LogP contribution in [0.5, 0.6) is 0 Å². The van der Waals surface area contributed by atoms with Gasteiger partial charge in [0.25, 0.3) is 5.91 Å². The predicted octanol–water partition coefficient (Wildman–Crippen LogP) is 1.59. The van der Waals surface area contributed by atoms with Gasteiger partial charge in [0.2, 0.25) is 0 Å². The Hall–Kier alpha value is -3.22. The van der Waals surface area contributed by atoms with Crippen molar-refractivity contribution in [3.63, 3.8) is 0 Å². The van der Waals surface area contributed by atoms with Gasteiger partial charge in [-0.2, -0.15) is 5.10 Å². The van der Waals surface area contributed by atoms with E-state index in [2.05, 4.69) is 20.6 Å². The van der Waals surface area contributed by atoms with Gasteiger partial charge in [-0.3, -0.25) is 13.9 Å². The lowest BCUT2D eigenvalue weighted by atomic mass is 10.2. The molecule has 120 valence electrons. The first-order valence-corrected chi connectivity index (χ1v) is 7.72. The highest BCUT2D eigenvalue weighted by Gasteiger charge is 2.15. The normalized spacial score (nSPS) is 11.2. The minimum Gasteiger partial charge on any atom is -0.350 e. The van der Waals surface area contributed by atoms with Gasteiger partial charge in [-0.25, -0.2) is 0 Å². The molecule has 1 amide bonds. The first-order valence-electron chi connectivity index (χ1n) is 7.72. The second-order valence-electron chi connectivity index (χ2n) is 5.54. The molecule has 0 saturated carbocycles. The van der Waals surface area contributed by atoms with Crippen molar-refractivity contribution in [3.05, 3.63) is 60.2 Å². The van der Waals surface area contributed by atoms with Crippen molar-refractivity contribution in [3.8, 4) is 0 Å². The van der Waals surface area contributed by atoms with Crippen LogP contribution in [0.1, 0.15) is 16.3 Å². The third-order valence-electron chi connectivity index (χ3n) is 3.99. The number of rotatable bonds is 4. The highest BCUT2D eigenvalue weighted by atomic mass is 16.1. The molecular weight excluding hydrogens is 304 g/mol. The molecule has 0 bridgehead atoms. The molecule has 4 aromatic rings. The number of aromatic nitrogens is 5. The van der Waals surface area contributed by atoms with E-state index < -0.39 is 0 Å². The molecule has 0 aliphatic rings. The summed E-state index contributed by atoms with van der Waals surface area (Å²) in [6.45, 7) is 0.472. The van der Waals surface area contributed by atoms with E-state index in [0.29, 0.717) is 18.7 Å². The molecule has 0 fully saturated rings. The average Bonchev–Trinajstić information content (AvgIpc) is 3.17. The second kappa shape index (κ2) is 5.77.